The quantitative estimate of drug-likeness (QED) is 0.799. The monoisotopic (exact) mass is 286 g/mol. The van der Waals surface area contributed by atoms with Gasteiger partial charge in [-0.1, -0.05) is 25.1 Å². The van der Waals surface area contributed by atoms with Crippen LogP contribution < -0.4 is 14.8 Å². The molecule has 2 rings (SSSR count). The van der Waals surface area contributed by atoms with Crippen LogP contribution in [0.25, 0.3) is 0 Å². The van der Waals surface area contributed by atoms with Crippen molar-refractivity contribution in [2.24, 2.45) is 0 Å². The minimum absolute atomic E-state index is 0.422. The lowest BCUT2D eigenvalue weighted by atomic mass is 10.3. The zero-order valence-corrected chi connectivity index (χ0v) is 12.6. The molecule has 0 saturated heterocycles. The number of hydrogen-bond donors (Lipinski definition) is 1. The van der Waals surface area contributed by atoms with E-state index in [9.17, 15) is 0 Å². The van der Waals surface area contributed by atoms with Gasteiger partial charge in [-0.25, -0.2) is 4.98 Å². The summed E-state index contributed by atoms with van der Waals surface area (Å²) in [5.41, 5.74) is 0.891. The predicted molar refractivity (Wildman–Crippen MR) is 85.0 cm³/mol. The first-order valence-corrected chi connectivity index (χ1v) is 7.38. The highest BCUT2D eigenvalue weighted by Crippen LogP contribution is 2.27. The molecule has 0 amide bonds. The van der Waals surface area contributed by atoms with Crippen LogP contribution >= 0.6 is 0 Å². The van der Waals surface area contributed by atoms with Crippen molar-refractivity contribution in [1.29, 1.82) is 0 Å². The number of nitrogens with zero attached hydrogens (tertiary/aromatic N) is 1. The van der Waals surface area contributed by atoms with Gasteiger partial charge in [-0.2, -0.15) is 0 Å². The van der Waals surface area contributed by atoms with Crippen LogP contribution in [0.15, 0.2) is 42.5 Å². The largest absolute Gasteiger partial charge is 0.490 e. The SMILES string of the molecule is CCCNc1cccc(COc2ccccc2OCC)n1. The maximum atomic E-state index is 5.82. The molecular weight excluding hydrogens is 264 g/mol. The fourth-order valence-electron chi connectivity index (χ4n) is 1.91. The van der Waals surface area contributed by atoms with Crippen LogP contribution in [-0.2, 0) is 6.61 Å². The number of anilines is 1. The Morgan fingerprint density at radius 1 is 0.952 bits per heavy atom. The third-order valence-electron chi connectivity index (χ3n) is 2.89. The normalized spacial score (nSPS) is 10.2. The molecule has 1 aromatic heterocycles. The molecule has 0 aliphatic heterocycles. The number of hydrogen-bond acceptors (Lipinski definition) is 4. The van der Waals surface area contributed by atoms with Gasteiger partial charge >= 0.3 is 0 Å². The van der Waals surface area contributed by atoms with Crippen molar-refractivity contribution in [2.75, 3.05) is 18.5 Å². The van der Waals surface area contributed by atoms with Gasteiger partial charge in [0.05, 0.1) is 12.3 Å². The van der Waals surface area contributed by atoms with Crippen LogP contribution in [0, 0.1) is 0 Å². The molecule has 1 heterocycles. The summed E-state index contributed by atoms with van der Waals surface area (Å²) < 4.78 is 11.4. The Labute approximate surface area is 126 Å². The van der Waals surface area contributed by atoms with Crippen LogP contribution in [0.1, 0.15) is 26.0 Å². The molecule has 0 aliphatic rings. The summed E-state index contributed by atoms with van der Waals surface area (Å²) in [6, 6.07) is 13.6. The summed E-state index contributed by atoms with van der Waals surface area (Å²) >= 11 is 0. The average molecular weight is 286 g/mol. The lowest BCUT2D eigenvalue weighted by molar-refractivity contribution is 0.266. The van der Waals surface area contributed by atoms with Crippen LogP contribution in [-0.4, -0.2) is 18.1 Å². The van der Waals surface area contributed by atoms with Crippen LogP contribution in [0.4, 0.5) is 5.82 Å². The van der Waals surface area contributed by atoms with Crippen LogP contribution in [0.2, 0.25) is 0 Å². The van der Waals surface area contributed by atoms with Gasteiger partial charge in [-0.3, -0.25) is 0 Å². The maximum Gasteiger partial charge on any atom is 0.161 e. The lowest BCUT2D eigenvalue weighted by Crippen LogP contribution is -2.05. The van der Waals surface area contributed by atoms with E-state index in [1.165, 1.54) is 0 Å². The van der Waals surface area contributed by atoms with Crippen LogP contribution in [0.5, 0.6) is 11.5 Å². The third-order valence-corrected chi connectivity index (χ3v) is 2.89. The highest BCUT2D eigenvalue weighted by molar-refractivity contribution is 5.40. The second kappa shape index (κ2) is 8.15. The average Bonchev–Trinajstić information content (AvgIpc) is 2.53. The van der Waals surface area contributed by atoms with Gasteiger partial charge in [0, 0.05) is 6.54 Å². The van der Waals surface area contributed by atoms with E-state index < -0.39 is 0 Å². The molecule has 4 heteroatoms. The maximum absolute atomic E-state index is 5.82. The van der Waals surface area contributed by atoms with Gasteiger partial charge in [-0.15, -0.1) is 0 Å². The van der Waals surface area contributed by atoms with E-state index in [4.69, 9.17) is 9.47 Å². The first-order valence-electron chi connectivity index (χ1n) is 7.38. The fraction of sp³-hybridized carbons (Fsp3) is 0.353. The van der Waals surface area contributed by atoms with Crippen molar-refractivity contribution in [3.05, 3.63) is 48.2 Å². The molecule has 21 heavy (non-hydrogen) atoms. The molecule has 0 fully saturated rings. The summed E-state index contributed by atoms with van der Waals surface area (Å²) in [4.78, 5) is 4.52. The third kappa shape index (κ3) is 4.67. The van der Waals surface area contributed by atoms with Crippen molar-refractivity contribution < 1.29 is 9.47 Å². The van der Waals surface area contributed by atoms with Gasteiger partial charge in [0.15, 0.2) is 11.5 Å². The zero-order chi connectivity index (χ0) is 14.9. The summed E-state index contributed by atoms with van der Waals surface area (Å²) in [6.45, 7) is 6.05. The van der Waals surface area contributed by atoms with Crippen molar-refractivity contribution in [3.8, 4) is 11.5 Å². The molecule has 0 bridgehead atoms. The van der Waals surface area contributed by atoms with E-state index in [1.54, 1.807) is 0 Å². The van der Waals surface area contributed by atoms with Crippen molar-refractivity contribution in [3.63, 3.8) is 0 Å². The number of nitrogens with one attached hydrogen (secondary N) is 1. The Balaban J connectivity index is 1.99. The van der Waals surface area contributed by atoms with Gasteiger partial charge in [0.1, 0.15) is 12.4 Å². The van der Waals surface area contributed by atoms with E-state index in [2.05, 4.69) is 17.2 Å². The topological polar surface area (TPSA) is 43.4 Å². The number of rotatable bonds is 8. The van der Waals surface area contributed by atoms with Gasteiger partial charge in [0.25, 0.3) is 0 Å². The zero-order valence-electron chi connectivity index (χ0n) is 12.6. The summed E-state index contributed by atoms with van der Waals surface area (Å²) in [7, 11) is 0. The summed E-state index contributed by atoms with van der Waals surface area (Å²) in [5, 5.41) is 3.27. The first-order chi connectivity index (χ1) is 10.3. The van der Waals surface area contributed by atoms with Gasteiger partial charge in [-0.05, 0) is 37.6 Å². The van der Waals surface area contributed by atoms with E-state index >= 15 is 0 Å². The molecule has 0 spiro atoms. The predicted octanol–water partition coefficient (Wildman–Crippen LogP) is 3.88. The van der Waals surface area contributed by atoms with Crippen molar-refractivity contribution in [2.45, 2.75) is 26.9 Å². The van der Waals surface area contributed by atoms with Crippen molar-refractivity contribution >= 4 is 5.82 Å². The number of ether oxygens (including phenoxy) is 2. The molecule has 1 aromatic carbocycles. The molecule has 0 radical (unpaired) electrons. The molecule has 2 aromatic rings. The summed E-state index contributed by atoms with van der Waals surface area (Å²) in [6.07, 6.45) is 1.07. The molecule has 0 aliphatic carbocycles. The number of pyridine rings is 1. The summed E-state index contributed by atoms with van der Waals surface area (Å²) in [5.74, 6) is 2.39. The Hall–Kier alpha value is -2.23. The highest BCUT2D eigenvalue weighted by Gasteiger charge is 2.04. The van der Waals surface area contributed by atoms with Crippen LogP contribution in [0.3, 0.4) is 0 Å². The van der Waals surface area contributed by atoms with Gasteiger partial charge in [0.2, 0.25) is 0 Å². The van der Waals surface area contributed by atoms with Crippen molar-refractivity contribution in [1.82, 2.24) is 4.98 Å². The fourth-order valence-corrected chi connectivity index (χ4v) is 1.91. The Morgan fingerprint density at radius 2 is 1.71 bits per heavy atom. The molecule has 0 unspecified atom stereocenters. The number of aromatic nitrogens is 1. The van der Waals surface area contributed by atoms with E-state index in [0.717, 1.165) is 36.0 Å². The minimum atomic E-state index is 0.422. The lowest BCUT2D eigenvalue weighted by Gasteiger charge is -2.12. The Kier molecular flexibility index (Phi) is 5.88. The first kappa shape index (κ1) is 15.2. The smallest absolute Gasteiger partial charge is 0.161 e. The Bertz CT molecular complexity index is 558. The molecule has 4 nitrogen and oxygen atoms in total. The van der Waals surface area contributed by atoms with E-state index in [1.807, 2.05) is 49.4 Å². The molecule has 0 saturated carbocycles. The molecule has 112 valence electrons. The standard InChI is InChI=1S/C17H22N2O2/c1-3-12-18-17-11-7-8-14(19-17)13-21-16-10-6-5-9-15(16)20-4-2/h5-11H,3-4,12-13H2,1-2H3,(H,18,19). The van der Waals surface area contributed by atoms with E-state index in [0.29, 0.717) is 13.2 Å². The molecule has 1 N–H and O–H groups in total. The highest BCUT2D eigenvalue weighted by atomic mass is 16.5. The second-order valence-corrected chi connectivity index (χ2v) is 4.61. The number of para-hydroxylation sites is 2. The molecule has 0 atom stereocenters. The molecular formula is C17H22N2O2. The second-order valence-electron chi connectivity index (χ2n) is 4.61. The van der Waals surface area contributed by atoms with E-state index in [-0.39, 0.29) is 0 Å². The number of benzene rings is 1. The minimum Gasteiger partial charge on any atom is -0.490 e. The Morgan fingerprint density at radius 3 is 2.43 bits per heavy atom. The van der Waals surface area contributed by atoms with Gasteiger partial charge < -0.3 is 14.8 Å².